The number of halogens is 1. The van der Waals surface area contributed by atoms with E-state index in [4.69, 9.17) is 10.5 Å². The first-order chi connectivity index (χ1) is 12.1. The molecular formula is C21H27ClN2O2. The molecule has 0 fully saturated rings. The maximum atomic E-state index is 12.4. The van der Waals surface area contributed by atoms with E-state index in [2.05, 4.69) is 11.4 Å². The maximum absolute atomic E-state index is 12.4. The summed E-state index contributed by atoms with van der Waals surface area (Å²) in [5.41, 5.74) is 9.16. The number of carbonyl (C=O) groups is 1. The van der Waals surface area contributed by atoms with Crippen molar-refractivity contribution in [2.75, 3.05) is 6.61 Å². The molecule has 3 N–H and O–H groups in total. The third-order valence-electron chi connectivity index (χ3n) is 4.53. The fraction of sp³-hybridized carbons (Fsp3) is 0.381. The molecule has 3 rings (SSSR count). The Labute approximate surface area is 161 Å². The van der Waals surface area contributed by atoms with Crippen LogP contribution in [0.3, 0.4) is 0 Å². The smallest absolute Gasteiger partial charge is 0.220 e. The van der Waals surface area contributed by atoms with Crippen molar-refractivity contribution in [3.05, 3.63) is 65.2 Å². The number of ether oxygens (including phenoxy) is 1. The first kappa shape index (κ1) is 20.3. The number of benzene rings is 2. The number of hydrogen-bond acceptors (Lipinski definition) is 3. The Hall–Kier alpha value is -2.04. The van der Waals surface area contributed by atoms with Gasteiger partial charge in [0, 0.05) is 12.5 Å². The number of fused-ring (bicyclic) bond motifs is 1. The summed E-state index contributed by atoms with van der Waals surface area (Å²) in [6.07, 6.45) is 3.18. The second-order valence-corrected chi connectivity index (χ2v) is 6.75. The predicted octanol–water partition coefficient (Wildman–Crippen LogP) is 3.77. The number of nitrogens with one attached hydrogen (secondary N) is 1. The maximum Gasteiger partial charge on any atom is 0.220 e. The fourth-order valence-corrected chi connectivity index (χ4v) is 3.16. The molecule has 2 unspecified atom stereocenters. The summed E-state index contributed by atoms with van der Waals surface area (Å²) in [5.74, 6) is 0.991. The van der Waals surface area contributed by atoms with Crippen molar-refractivity contribution in [1.29, 1.82) is 0 Å². The lowest BCUT2D eigenvalue weighted by molar-refractivity contribution is -0.121. The van der Waals surface area contributed by atoms with Gasteiger partial charge in [-0.3, -0.25) is 4.79 Å². The predicted molar refractivity (Wildman–Crippen MR) is 107 cm³/mol. The normalized spacial score (nSPS) is 15.0. The topological polar surface area (TPSA) is 64.4 Å². The molecule has 2 aromatic carbocycles. The van der Waals surface area contributed by atoms with Crippen molar-refractivity contribution in [2.45, 2.75) is 44.7 Å². The van der Waals surface area contributed by atoms with Crippen LogP contribution < -0.4 is 15.8 Å². The average molecular weight is 375 g/mol. The van der Waals surface area contributed by atoms with Crippen LogP contribution in [0.4, 0.5) is 0 Å². The number of rotatable bonds is 6. The lowest BCUT2D eigenvalue weighted by Crippen LogP contribution is -2.30. The van der Waals surface area contributed by atoms with E-state index in [-0.39, 0.29) is 30.4 Å². The Kier molecular flexibility index (Phi) is 7.49. The first-order valence-corrected chi connectivity index (χ1v) is 8.99. The molecule has 0 bridgehead atoms. The highest BCUT2D eigenvalue weighted by molar-refractivity contribution is 5.85. The molecule has 0 aromatic heterocycles. The molecule has 5 heteroatoms. The third kappa shape index (κ3) is 5.23. The minimum atomic E-state index is -0.158. The average Bonchev–Trinajstić information content (AvgIpc) is 2.65. The van der Waals surface area contributed by atoms with E-state index in [1.165, 1.54) is 5.56 Å². The molecule has 26 heavy (non-hydrogen) atoms. The van der Waals surface area contributed by atoms with E-state index in [1.54, 1.807) is 0 Å². The standard InChI is InChI=1S/C21H26N2O2.ClH/c1-15(22)9-12-20(24)23-21(16-6-3-2-4-7-16)18-10-11-19-17(14-18)8-5-13-25-19;/h2-4,6-7,10-11,14-15,21H,5,8-9,12-13,22H2,1H3,(H,23,24);1H. The highest BCUT2D eigenvalue weighted by Crippen LogP contribution is 2.30. The molecule has 2 aromatic rings. The number of nitrogens with two attached hydrogens (primary N) is 1. The van der Waals surface area contributed by atoms with Crippen LogP contribution in [0.1, 0.15) is 48.9 Å². The molecule has 140 valence electrons. The lowest BCUT2D eigenvalue weighted by Gasteiger charge is -2.23. The highest BCUT2D eigenvalue weighted by Gasteiger charge is 2.19. The van der Waals surface area contributed by atoms with Gasteiger partial charge in [0.25, 0.3) is 0 Å². The molecule has 0 radical (unpaired) electrons. The summed E-state index contributed by atoms with van der Waals surface area (Å²) in [5, 5.41) is 3.18. The molecule has 4 nitrogen and oxygen atoms in total. The molecule has 1 amide bonds. The Bertz CT molecular complexity index is 719. The minimum absolute atomic E-state index is 0. The van der Waals surface area contributed by atoms with Gasteiger partial charge in [-0.1, -0.05) is 36.4 Å². The fourth-order valence-electron chi connectivity index (χ4n) is 3.16. The molecule has 2 atom stereocenters. The summed E-state index contributed by atoms with van der Waals surface area (Å²) in [4.78, 5) is 12.4. The van der Waals surface area contributed by atoms with Gasteiger partial charge in [0.1, 0.15) is 5.75 Å². The van der Waals surface area contributed by atoms with Gasteiger partial charge in [-0.25, -0.2) is 0 Å². The largest absolute Gasteiger partial charge is 0.493 e. The summed E-state index contributed by atoms with van der Waals surface area (Å²) in [6, 6.07) is 16.2. The van der Waals surface area contributed by atoms with E-state index >= 15 is 0 Å². The van der Waals surface area contributed by atoms with E-state index in [9.17, 15) is 4.79 Å². The number of hydrogen-bond donors (Lipinski definition) is 2. The zero-order chi connectivity index (χ0) is 17.6. The zero-order valence-electron chi connectivity index (χ0n) is 15.1. The Morgan fingerprint density at radius 1 is 1.19 bits per heavy atom. The second-order valence-electron chi connectivity index (χ2n) is 6.75. The molecule has 0 saturated heterocycles. The quantitative estimate of drug-likeness (QED) is 0.809. The van der Waals surface area contributed by atoms with Crippen LogP contribution in [-0.4, -0.2) is 18.6 Å². The van der Waals surface area contributed by atoms with Gasteiger partial charge in [0.05, 0.1) is 12.6 Å². The van der Waals surface area contributed by atoms with Gasteiger partial charge in [-0.2, -0.15) is 0 Å². The monoisotopic (exact) mass is 374 g/mol. The molecule has 0 saturated carbocycles. The Morgan fingerprint density at radius 2 is 1.96 bits per heavy atom. The van der Waals surface area contributed by atoms with Crippen molar-refractivity contribution in [2.24, 2.45) is 5.73 Å². The van der Waals surface area contributed by atoms with Crippen LogP contribution in [0.5, 0.6) is 5.75 Å². The van der Waals surface area contributed by atoms with E-state index < -0.39 is 0 Å². The van der Waals surface area contributed by atoms with Gasteiger partial charge in [0.2, 0.25) is 5.91 Å². The van der Waals surface area contributed by atoms with Gasteiger partial charge in [0.15, 0.2) is 0 Å². The summed E-state index contributed by atoms with van der Waals surface area (Å²) < 4.78 is 5.71. The van der Waals surface area contributed by atoms with Crippen molar-refractivity contribution in [3.63, 3.8) is 0 Å². The van der Waals surface area contributed by atoms with E-state index in [0.29, 0.717) is 12.8 Å². The highest BCUT2D eigenvalue weighted by atomic mass is 35.5. The zero-order valence-corrected chi connectivity index (χ0v) is 15.9. The van der Waals surface area contributed by atoms with Gasteiger partial charge < -0.3 is 15.8 Å². The van der Waals surface area contributed by atoms with Crippen LogP contribution >= 0.6 is 12.4 Å². The summed E-state index contributed by atoms with van der Waals surface area (Å²) in [6.45, 7) is 2.70. The van der Waals surface area contributed by atoms with Crippen LogP contribution in [-0.2, 0) is 11.2 Å². The van der Waals surface area contributed by atoms with Gasteiger partial charge in [-0.15, -0.1) is 12.4 Å². The Morgan fingerprint density at radius 3 is 2.69 bits per heavy atom. The molecule has 0 spiro atoms. The van der Waals surface area contributed by atoms with Gasteiger partial charge >= 0.3 is 0 Å². The van der Waals surface area contributed by atoms with Gasteiger partial charge in [-0.05, 0) is 55.0 Å². The number of amides is 1. The molecular weight excluding hydrogens is 348 g/mol. The lowest BCUT2D eigenvalue weighted by atomic mass is 9.94. The van der Waals surface area contributed by atoms with Crippen molar-refractivity contribution in [3.8, 4) is 5.75 Å². The second kappa shape index (κ2) is 9.60. The summed E-state index contributed by atoms with van der Waals surface area (Å²) >= 11 is 0. The third-order valence-corrected chi connectivity index (χ3v) is 4.53. The van der Waals surface area contributed by atoms with Crippen molar-refractivity contribution in [1.82, 2.24) is 5.32 Å². The first-order valence-electron chi connectivity index (χ1n) is 8.99. The van der Waals surface area contributed by atoms with E-state index in [1.807, 2.05) is 49.4 Å². The number of carbonyl (C=O) groups excluding carboxylic acids is 1. The van der Waals surface area contributed by atoms with Crippen LogP contribution in [0.2, 0.25) is 0 Å². The molecule has 1 aliphatic heterocycles. The Balaban J connectivity index is 0.00000243. The summed E-state index contributed by atoms with van der Waals surface area (Å²) in [7, 11) is 0. The molecule has 1 heterocycles. The van der Waals surface area contributed by atoms with Crippen LogP contribution in [0.25, 0.3) is 0 Å². The minimum Gasteiger partial charge on any atom is -0.493 e. The SMILES string of the molecule is CC(N)CCC(=O)NC(c1ccccc1)c1ccc2c(c1)CCCO2.Cl. The molecule has 1 aliphatic rings. The van der Waals surface area contributed by atoms with Crippen molar-refractivity contribution < 1.29 is 9.53 Å². The van der Waals surface area contributed by atoms with Crippen LogP contribution in [0.15, 0.2) is 48.5 Å². The molecule has 0 aliphatic carbocycles. The van der Waals surface area contributed by atoms with E-state index in [0.717, 1.165) is 36.3 Å². The van der Waals surface area contributed by atoms with Crippen LogP contribution in [0, 0.1) is 0 Å². The number of aryl methyl sites for hydroxylation is 1. The van der Waals surface area contributed by atoms with Crippen molar-refractivity contribution >= 4 is 18.3 Å².